The van der Waals surface area contributed by atoms with Gasteiger partial charge in [0.05, 0.1) is 19.6 Å². The van der Waals surface area contributed by atoms with Crippen LogP contribution in [-0.2, 0) is 19.0 Å². The van der Waals surface area contributed by atoms with Crippen molar-refractivity contribution in [1.82, 2.24) is 0 Å². The Morgan fingerprint density at radius 2 is 2.29 bits per heavy atom. The topological polar surface area (TPSA) is 44.8 Å². The molecule has 0 spiro atoms. The number of esters is 1. The van der Waals surface area contributed by atoms with E-state index in [0.29, 0.717) is 13.2 Å². The fourth-order valence-corrected chi connectivity index (χ4v) is 1.63. The summed E-state index contributed by atoms with van der Waals surface area (Å²) in [6.07, 6.45) is 3.03. The van der Waals surface area contributed by atoms with Gasteiger partial charge in [0, 0.05) is 13.5 Å². The summed E-state index contributed by atoms with van der Waals surface area (Å²) in [4.78, 5) is 11.3. The van der Waals surface area contributed by atoms with E-state index in [2.05, 4.69) is 0 Å². The smallest absolute Gasteiger partial charge is 0.311 e. The molecule has 1 unspecified atom stereocenters. The number of methoxy groups -OCH3 is 1. The summed E-state index contributed by atoms with van der Waals surface area (Å²) < 4.78 is 15.7. The van der Waals surface area contributed by atoms with Gasteiger partial charge in [0.25, 0.3) is 0 Å². The van der Waals surface area contributed by atoms with Gasteiger partial charge >= 0.3 is 5.97 Å². The zero-order valence-electron chi connectivity index (χ0n) is 8.88. The summed E-state index contributed by atoms with van der Waals surface area (Å²) in [5.74, 6) is -0.985. The normalized spacial score (nSPS) is 27.3. The third-order valence-electron chi connectivity index (χ3n) is 2.41. The van der Waals surface area contributed by atoms with Crippen LogP contribution < -0.4 is 0 Å². The monoisotopic (exact) mass is 202 g/mol. The standard InChI is InChI=1S/C10H18O4/c1-3-13-9(11)8-10(12-2)6-4-5-7-14-10/h3-8H2,1-2H3. The first-order valence-electron chi connectivity index (χ1n) is 5.07. The second-order valence-corrected chi connectivity index (χ2v) is 3.40. The van der Waals surface area contributed by atoms with Gasteiger partial charge in [-0.2, -0.15) is 0 Å². The van der Waals surface area contributed by atoms with Crippen molar-refractivity contribution in [3.8, 4) is 0 Å². The highest BCUT2D eigenvalue weighted by Gasteiger charge is 2.36. The molecule has 1 atom stereocenters. The Labute approximate surface area is 84.5 Å². The van der Waals surface area contributed by atoms with Gasteiger partial charge in [-0.1, -0.05) is 0 Å². The van der Waals surface area contributed by atoms with Crippen molar-refractivity contribution in [1.29, 1.82) is 0 Å². The van der Waals surface area contributed by atoms with Crippen molar-refractivity contribution >= 4 is 5.97 Å². The first-order chi connectivity index (χ1) is 6.72. The Morgan fingerprint density at radius 1 is 1.50 bits per heavy atom. The van der Waals surface area contributed by atoms with E-state index in [1.807, 2.05) is 0 Å². The van der Waals surface area contributed by atoms with E-state index >= 15 is 0 Å². The highest BCUT2D eigenvalue weighted by Crippen LogP contribution is 2.29. The Kier molecular flexibility index (Phi) is 4.35. The van der Waals surface area contributed by atoms with Crippen LogP contribution in [-0.4, -0.2) is 32.1 Å². The summed E-state index contributed by atoms with van der Waals surface area (Å²) in [5, 5.41) is 0. The maximum atomic E-state index is 11.3. The van der Waals surface area contributed by atoms with Gasteiger partial charge in [0.1, 0.15) is 0 Å². The van der Waals surface area contributed by atoms with Gasteiger partial charge in [-0.3, -0.25) is 4.79 Å². The summed E-state index contributed by atoms with van der Waals surface area (Å²) >= 11 is 0. The highest BCUT2D eigenvalue weighted by molar-refractivity contribution is 5.70. The first-order valence-corrected chi connectivity index (χ1v) is 5.07. The lowest BCUT2D eigenvalue weighted by molar-refractivity contribution is -0.247. The number of carbonyl (C=O) groups excluding carboxylic acids is 1. The van der Waals surface area contributed by atoms with Gasteiger partial charge in [0.15, 0.2) is 5.79 Å². The van der Waals surface area contributed by atoms with Crippen LogP contribution in [0.5, 0.6) is 0 Å². The molecule has 1 rings (SSSR count). The van der Waals surface area contributed by atoms with Gasteiger partial charge in [-0.25, -0.2) is 0 Å². The second kappa shape index (κ2) is 5.32. The SMILES string of the molecule is CCOC(=O)CC1(OC)CCCCO1. The molecule has 0 N–H and O–H groups in total. The van der Waals surface area contributed by atoms with Crippen LogP contribution in [0.4, 0.5) is 0 Å². The Balaban J connectivity index is 2.47. The van der Waals surface area contributed by atoms with E-state index in [9.17, 15) is 4.79 Å². The number of rotatable bonds is 4. The molecule has 4 nitrogen and oxygen atoms in total. The molecule has 1 saturated heterocycles. The number of hydrogen-bond acceptors (Lipinski definition) is 4. The molecule has 1 fully saturated rings. The van der Waals surface area contributed by atoms with Crippen molar-refractivity contribution in [2.45, 2.75) is 38.4 Å². The Hall–Kier alpha value is -0.610. The van der Waals surface area contributed by atoms with E-state index in [1.165, 1.54) is 0 Å². The van der Waals surface area contributed by atoms with Crippen LogP contribution in [0.1, 0.15) is 32.6 Å². The maximum absolute atomic E-state index is 11.3. The fourth-order valence-electron chi connectivity index (χ4n) is 1.63. The molecule has 0 bridgehead atoms. The molecule has 0 aliphatic carbocycles. The number of hydrogen-bond donors (Lipinski definition) is 0. The van der Waals surface area contributed by atoms with E-state index in [0.717, 1.165) is 19.3 Å². The molecule has 0 aromatic heterocycles. The Morgan fingerprint density at radius 3 is 2.79 bits per heavy atom. The Bertz CT molecular complexity index is 185. The average molecular weight is 202 g/mol. The van der Waals surface area contributed by atoms with Crippen molar-refractivity contribution in [3.63, 3.8) is 0 Å². The predicted octanol–water partition coefficient (Wildman–Crippen LogP) is 1.48. The van der Waals surface area contributed by atoms with E-state index in [4.69, 9.17) is 14.2 Å². The van der Waals surface area contributed by atoms with Crippen LogP contribution in [0.25, 0.3) is 0 Å². The minimum absolute atomic E-state index is 0.192. The summed E-state index contributed by atoms with van der Waals surface area (Å²) in [7, 11) is 1.57. The van der Waals surface area contributed by atoms with Crippen LogP contribution in [0.15, 0.2) is 0 Å². The number of ether oxygens (including phenoxy) is 3. The zero-order chi connectivity index (χ0) is 10.4. The third-order valence-corrected chi connectivity index (χ3v) is 2.41. The number of carbonyl (C=O) groups is 1. The molecular formula is C10H18O4. The van der Waals surface area contributed by atoms with E-state index in [-0.39, 0.29) is 12.4 Å². The van der Waals surface area contributed by atoms with Crippen LogP contribution in [0, 0.1) is 0 Å². The van der Waals surface area contributed by atoms with Gasteiger partial charge in [-0.15, -0.1) is 0 Å². The molecule has 14 heavy (non-hydrogen) atoms. The molecule has 4 heteroatoms. The molecule has 0 saturated carbocycles. The average Bonchev–Trinajstić information content (AvgIpc) is 2.19. The van der Waals surface area contributed by atoms with Crippen LogP contribution >= 0.6 is 0 Å². The van der Waals surface area contributed by atoms with Gasteiger partial charge in [0.2, 0.25) is 0 Å². The lowest BCUT2D eigenvalue weighted by atomic mass is 10.0. The summed E-state index contributed by atoms with van der Waals surface area (Å²) in [5.41, 5.74) is 0. The largest absolute Gasteiger partial charge is 0.466 e. The van der Waals surface area contributed by atoms with Crippen molar-refractivity contribution < 1.29 is 19.0 Å². The molecule has 0 radical (unpaired) electrons. The van der Waals surface area contributed by atoms with Crippen molar-refractivity contribution in [2.24, 2.45) is 0 Å². The summed E-state index contributed by atoms with van der Waals surface area (Å²) in [6, 6.07) is 0. The van der Waals surface area contributed by atoms with E-state index in [1.54, 1.807) is 14.0 Å². The van der Waals surface area contributed by atoms with Crippen molar-refractivity contribution in [3.05, 3.63) is 0 Å². The van der Waals surface area contributed by atoms with E-state index < -0.39 is 5.79 Å². The highest BCUT2D eigenvalue weighted by atomic mass is 16.7. The van der Waals surface area contributed by atoms with Gasteiger partial charge < -0.3 is 14.2 Å². The molecule has 0 aromatic carbocycles. The molecule has 0 aromatic rings. The van der Waals surface area contributed by atoms with Gasteiger partial charge in [-0.05, 0) is 19.8 Å². The molecular weight excluding hydrogens is 184 g/mol. The predicted molar refractivity (Wildman–Crippen MR) is 50.8 cm³/mol. The maximum Gasteiger partial charge on any atom is 0.311 e. The summed E-state index contributed by atoms with van der Waals surface area (Å²) in [6.45, 7) is 2.85. The molecule has 1 heterocycles. The quantitative estimate of drug-likeness (QED) is 0.648. The lowest BCUT2D eigenvalue weighted by Gasteiger charge is -2.34. The van der Waals surface area contributed by atoms with Crippen LogP contribution in [0.3, 0.4) is 0 Å². The van der Waals surface area contributed by atoms with Crippen LogP contribution in [0.2, 0.25) is 0 Å². The van der Waals surface area contributed by atoms with Crippen molar-refractivity contribution in [2.75, 3.05) is 20.3 Å². The minimum Gasteiger partial charge on any atom is -0.466 e. The molecule has 1 aliphatic rings. The minimum atomic E-state index is -0.732. The molecule has 0 amide bonds. The third kappa shape index (κ3) is 2.96. The molecule has 82 valence electrons. The zero-order valence-corrected chi connectivity index (χ0v) is 8.88. The fraction of sp³-hybridized carbons (Fsp3) is 0.900. The first kappa shape index (κ1) is 11.5. The second-order valence-electron chi connectivity index (χ2n) is 3.40. The molecule has 1 aliphatic heterocycles. The lowest BCUT2D eigenvalue weighted by Crippen LogP contribution is -2.40.